The number of ketones is 1. The van der Waals surface area contributed by atoms with Crippen molar-refractivity contribution in [1.29, 1.82) is 0 Å². The van der Waals surface area contributed by atoms with E-state index in [0.29, 0.717) is 17.6 Å². The van der Waals surface area contributed by atoms with Crippen molar-refractivity contribution >= 4 is 5.78 Å². The van der Waals surface area contributed by atoms with Crippen LogP contribution in [0.3, 0.4) is 0 Å². The maximum atomic E-state index is 12.2. The highest BCUT2D eigenvalue weighted by Crippen LogP contribution is 2.48. The second-order valence-corrected chi connectivity index (χ2v) is 6.29. The van der Waals surface area contributed by atoms with Gasteiger partial charge in [-0.2, -0.15) is 0 Å². The molecule has 0 radical (unpaired) electrons. The van der Waals surface area contributed by atoms with Crippen LogP contribution in [-0.4, -0.2) is 5.78 Å². The monoisotopic (exact) mass is 222 g/mol. The maximum absolute atomic E-state index is 12.2. The molecule has 5 atom stereocenters. The molecule has 0 aliphatic heterocycles. The van der Waals surface area contributed by atoms with Gasteiger partial charge in [-0.3, -0.25) is 4.79 Å². The van der Waals surface area contributed by atoms with E-state index in [9.17, 15) is 4.79 Å². The van der Waals surface area contributed by atoms with Crippen molar-refractivity contribution in [2.75, 3.05) is 0 Å². The minimum Gasteiger partial charge on any atom is -0.299 e. The van der Waals surface area contributed by atoms with Gasteiger partial charge in [0.15, 0.2) is 0 Å². The van der Waals surface area contributed by atoms with Gasteiger partial charge in [-0.05, 0) is 42.9 Å². The number of hydrogen-bond acceptors (Lipinski definition) is 1. The van der Waals surface area contributed by atoms with Crippen LogP contribution in [0.25, 0.3) is 0 Å². The number of fused-ring (bicyclic) bond motifs is 1. The van der Waals surface area contributed by atoms with Crippen LogP contribution >= 0.6 is 0 Å². The first-order valence-electron chi connectivity index (χ1n) is 7.16. The number of carbonyl (C=O) groups is 1. The van der Waals surface area contributed by atoms with Crippen LogP contribution in [0, 0.1) is 29.6 Å². The minimum absolute atomic E-state index is 0.411. The van der Waals surface area contributed by atoms with Crippen molar-refractivity contribution in [2.24, 2.45) is 29.6 Å². The smallest absolute Gasteiger partial charge is 0.136 e. The Bertz CT molecular complexity index is 258. The molecule has 2 aliphatic carbocycles. The van der Waals surface area contributed by atoms with E-state index < -0.39 is 0 Å². The fraction of sp³-hybridized carbons (Fsp3) is 0.933. The fourth-order valence-electron chi connectivity index (χ4n) is 4.16. The van der Waals surface area contributed by atoms with E-state index in [1.54, 1.807) is 0 Å². The molecule has 2 rings (SSSR count). The van der Waals surface area contributed by atoms with E-state index in [4.69, 9.17) is 0 Å². The first-order chi connectivity index (χ1) is 7.63. The molecule has 0 aromatic rings. The Morgan fingerprint density at radius 3 is 2.62 bits per heavy atom. The molecule has 2 aliphatic rings. The zero-order chi connectivity index (χ0) is 11.7. The van der Waals surface area contributed by atoms with Gasteiger partial charge in [-0.1, -0.05) is 33.6 Å². The molecule has 0 aromatic carbocycles. The summed E-state index contributed by atoms with van der Waals surface area (Å²) < 4.78 is 0. The Kier molecular flexibility index (Phi) is 3.71. The van der Waals surface area contributed by atoms with E-state index in [2.05, 4.69) is 20.8 Å². The molecule has 0 N–H and O–H groups in total. The summed E-state index contributed by atoms with van der Waals surface area (Å²) in [5.74, 6) is 4.06. The van der Waals surface area contributed by atoms with E-state index >= 15 is 0 Å². The van der Waals surface area contributed by atoms with Crippen LogP contribution in [0.4, 0.5) is 0 Å². The Balaban J connectivity index is 2.14. The summed E-state index contributed by atoms with van der Waals surface area (Å²) in [5.41, 5.74) is 0. The first-order valence-corrected chi connectivity index (χ1v) is 7.16. The topological polar surface area (TPSA) is 17.1 Å². The third-order valence-corrected chi connectivity index (χ3v) is 5.00. The molecule has 16 heavy (non-hydrogen) atoms. The standard InChI is InChI=1S/C15H26O/c1-4-5-13-14-8-10(2)6-7-12(14)11(3)9-15(13)16/h10-14H,4-9H2,1-3H3. The molecule has 92 valence electrons. The Morgan fingerprint density at radius 2 is 1.94 bits per heavy atom. The van der Waals surface area contributed by atoms with Crippen LogP contribution in [0.1, 0.15) is 59.3 Å². The SMILES string of the molecule is CCCC1C(=O)CC(C)C2CCC(C)CC12. The van der Waals surface area contributed by atoms with Gasteiger partial charge >= 0.3 is 0 Å². The van der Waals surface area contributed by atoms with E-state index in [1.165, 1.54) is 25.7 Å². The van der Waals surface area contributed by atoms with Crippen LogP contribution < -0.4 is 0 Å². The van der Waals surface area contributed by atoms with Gasteiger partial charge in [0.25, 0.3) is 0 Å². The molecule has 2 fully saturated rings. The van der Waals surface area contributed by atoms with E-state index in [0.717, 1.165) is 30.6 Å². The van der Waals surface area contributed by atoms with Gasteiger partial charge in [-0.25, -0.2) is 0 Å². The van der Waals surface area contributed by atoms with Crippen molar-refractivity contribution in [3.8, 4) is 0 Å². The lowest BCUT2D eigenvalue weighted by Gasteiger charge is -2.46. The highest BCUT2D eigenvalue weighted by atomic mass is 16.1. The van der Waals surface area contributed by atoms with Gasteiger partial charge in [0.1, 0.15) is 5.78 Å². The second kappa shape index (κ2) is 4.89. The zero-order valence-corrected chi connectivity index (χ0v) is 11.0. The largest absolute Gasteiger partial charge is 0.299 e. The van der Waals surface area contributed by atoms with Crippen molar-refractivity contribution < 1.29 is 4.79 Å². The summed E-state index contributed by atoms with van der Waals surface area (Å²) in [6.45, 7) is 6.88. The van der Waals surface area contributed by atoms with Crippen molar-refractivity contribution in [3.05, 3.63) is 0 Å². The average molecular weight is 222 g/mol. The molecule has 0 aromatic heterocycles. The maximum Gasteiger partial charge on any atom is 0.136 e. The molecule has 2 saturated carbocycles. The normalized spacial score (nSPS) is 44.2. The number of carbonyl (C=O) groups excluding carboxylic acids is 1. The number of Topliss-reactive ketones (excluding diaryl/α,β-unsaturated/α-hetero) is 1. The third kappa shape index (κ3) is 2.19. The number of rotatable bonds is 2. The Labute approximate surface area is 100.0 Å². The van der Waals surface area contributed by atoms with E-state index in [1.807, 2.05) is 0 Å². The van der Waals surface area contributed by atoms with Crippen molar-refractivity contribution in [1.82, 2.24) is 0 Å². The predicted octanol–water partition coefficient (Wildman–Crippen LogP) is 4.06. The summed E-state index contributed by atoms with van der Waals surface area (Å²) in [6, 6.07) is 0. The predicted molar refractivity (Wildman–Crippen MR) is 67.2 cm³/mol. The molecule has 5 unspecified atom stereocenters. The Hall–Kier alpha value is -0.330. The Morgan fingerprint density at radius 1 is 1.19 bits per heavy atom. The molecule has 0 amide bonds. The van der Waals surface area contributed by atoms with Crippen LogP contribution in [-0.2, 0) is 4.79 Å². The second-order valence-electron chi connectivity index (χ2n) is 6.29. The van der Waals surface area contributed by atoms with Gasteiger partial charge in [0, 0.05) is 12.3 Å². The third-order valence-electron chi connectivity index (χ3n) is 5.00. The van der Waals surface area contributed by atoms with Gasteiger partial charge in [0.05, 0.1) is 0 Å². The van der Waals surface area contributed by atoms with Gasteiger partial charge in [-0.15, -0.1) is 0 Å². The molecule has 0 heterocycles. The molecular weight excluding hydrogens is 196 g/mol. The lowest BCUT2D eigenvalue weighted by molar-refractivity contribution is -0.133. The first kappa shape index (κ1) is 12.1. The van der Waals surface area contributed by atoms with Crippen LogP contribution in [0.2, 0.25) is 0 Å². The quantitative estimate of drug-likeness (QED) is 0.688. The minimum atomic E-state index is 0.411. The lowest BCUT2D eigenvalue weighted by atomic mass is 9.58. The highest BCUT2D eigenvalue weighted by Gasteiger charge is 2.43. The molecule has 0 saturated heterocycles. The van der Waals surface area contributed by atoms with Crippen molar-refractivity contribution in [2.45, 2.75) is 59.3 Å². The molecule has 1 heteroatoms. The van der Waals surface area contributed by atoms with E-state index in [-0.39, 0.29) is 0 Å². The molecule has 0 spiro atoms. The van der Waals surface area contributed by atoms with Crippen molar-refractivity contribution in [3.63, 3.8) is 0 Å². The van der Waals surface area contributed by atoms with Crippen LogP contribution in [0.15, 0.2) is 0 Å². The summed E-state index contributed by atoms with van der Waals surface area (Å²) in [4.78, 5) is 12.2. The van der Waals surface area contributed by atoms with Gasteiger partial charge < -0.3 is 0 Å². The average Bonchev–Trinajstić information content (AvgIpc) is 2.23. The summed E-state index contributed by atoms with van der Waals surface area (Å²) in [7, 11) is 0. The van der Waals surface area contributed by atoms with Gasteiger partial charge in [0.2, 0.25) is 0 Å². The lowest BCUT2D eigenvalue weighted by Crippen LogP contribution is -2.42. The summed E-state index contributed by atoms with van der Waals surface area (Å²) in [6.07, 6.45) is 7.24. The zero-order valence-electron chi connectivity index (χ0n) is 11.0. The molecule has 0 bridgehead atoms. The number of hydrogen-bond donors (Lipinski definition) is 0. The van der Waals surface area contributed by atoms with Crippen LogP contribution in [0.5, 0.6) is 0 Å². The molecular formula is C15H26O. The molecule has 1 nitrogen and oxygen atoms in total. The fourth-order valence-corrected chi connectivity index (χ4v) is 4.16. The highest BCUT2D eigenvalue weighted by molar-refractivity contribution is 5.82. The summed E-state index contributed by atoms with van der Waals surface area (Å²) >= 11 is 0. The summed E-state index contributed by atoms with van der Waals surface area (Å²) in [5, 5.41) is 0.